The minimum Gasteiger partial charge on any atom is -0.490 e. The summed E-state index contributed by atoms with van der Waals surface area (Å²) in [6, 6.07) is 5.40. The van der Waals surface area contributed by atoms with Gasteiger partial charge >= 0.3 is 5.97 Å². The predicted octanol–water partition coefficient (Wildman–Crippen LogP) is 1.29. The van der Waals surface area contributed by atoms with Gasteiger partial charge in [0, 0.05) is 19.5 Å². The van der Waals surface area contributed by atoms with E-state index in [2.05, 4.69) is 0 Å². The van der Waals surface area contributed by atoms with E-state index < -0.39 is 12.1 Å². The first-order valence-corrected chi connectivity index (χ1v) is 7.04. The highest BCUT2D eigenvalue weighted by molar-refractivity contribution is 5.66. The van der Waals surface area contributed by atoms with Crippen LogP contribution in [0.4, 0.5) is 0 Å². The average molecular weight is 295 g/mol. The SMILES string of the molecule is CN(CCC(=O)O)CC(O)c1ccc2c(c1)OCCCO2. The number of nitrogens with zero attached hydrogens (tertiary/aromatic N) is 1. The van der Waals surface area contributed by atoms with Crippen LogP contribution >= 0.6 is 0 Å². The van der Waals surface area contributed by atoms with Crippen molar-refractivity contribution in [3.8, 4) is 11.5 Å². The number of carboxylic acid groups (broad SMARTS) is 1. The van der Waals surface area contributed by atoms with Gasteiger partial charge in [-0.3, -0.25) is 4.79 Å². The van der Waals surface area contributed by atoms with E-state index in [0.29, 0.717) is 37.8 Å². The molecule has 0 radical (unpaired) electrons. The summed E-state index contributed by atoms with van der Waals surface area (Å²) >= 11 is 0. The number of aliphatic carboxylic acids is 1. The third kappa shape index (κ3) is 4.61. The van der Waals surface area contributed by atoms with E-state index in [9.17, 15) is 9.90 Å². The van der Waals surface area contributed by atoms with Gasteiger partial charge in [-0.15, -0.1) is 0 Å². The van der Waals surface area contributed by atoms with Gasteiger partial charge in [-0.2, -0.15) is 0 Å². The molecule has 1 aliphatic rings. The lowest BCUT2D eigenvalue weighted by atomic mass is 10.1. The number of aliphatic hydroxyl groups is 1. The Bertz CT molecular complexity index is 491. The molecule has 0 spiro atoms. The summed E-state index contributed by atoms with van der Waals surface area (Å²) in [5.74, 6) is 0.506. The minimum atomic E-state index is -0.841. The summed E-state index contributed by atoms with van der Waals surface area (Å²) < 4.78 is 11.1. The van der Waals surface area contributed by atoms with Gasteiger partial charge < -0.3 is 24.6 Å². The summed E-state index contributed by atoms with van der Waals surface area (Å²) in [5.41, 5.74) is 0.737. The molecule has 0 bridgehead atoms. The maximum atomic E-state index is 10.5. The third-order valence-corrected chi connectivity index (χ3v) is 3.35. The number of carbonyl (C=O) groups is 1. The van der Waals surface area contributed by atoms with E-state index in [1.807, 2.05) is 6.07 Å². The summed E-state index contributed by atoms with van der Waals surface area (Å²) in [6.45, 7) is 2.00. The molecule has 2 N–H and O–H groups in total. The Balaban J connectivity index is 1.97. The van der Waals surface area contributed by atoms with Crippen molar-refractivity contribution < 1.29 is 24.5 Å². The molecule has 1 aromatic carbocycles. The van der Waals surface area contributed by atoms with Gasteiger partial charge in [0.25, 0.3) is 0 Å². The van der Waals surface area contributed by atoms with E-state index in [4.69, 9.17) is 14.6 Å². The number of hydrogen-bond acceptors (Lipinski definition) is 5. The number of carboxylic acids is 1. The Morgan fingerprint density at radius 1 is 1.33 bits per heavy atom. The maximum Gasteiger partial charge on any atom is 0.304 e. The molecule has 2 rings (SSSR count). The molecule has 1 atom stereocenters. The standard InChI is InChI=1S/C15H21NO5/c1-16(6-5-15(18)19)10-12(17)11-3-4-13-14(9-11)21-8-2-7-20-13/h3-4,9,12,17H,2,5-8,10H2,1H3,(H,18,19). The van der Waals surface area contributed by atoms with Crippen LogP contribution in [-0.2, 0) is 4.79 Å². The van der Waals surface area contributed by atoms with E-state index in [1.54, 1.807) is 24.1 Å². The fraction of sp³-hybridized carbons (Fsp3) is 0.533. The number of likely N-dealkylation sites (N-methyl/N-ethyl adjacent to an activating group) is 1. The number of aliphatic hydroxyl groups excluding tert-OH is 1. The lowest BCUT2D eigenvalue weighted by Crippen LogP contribution is -2.27. The molecule has 1 aliphatic heterocycles. The molecule has 1 heterocycles. The highest BCUT2D eigenvalue weighted by Gasteiger charge is 2.16. The average Bonchev–Trinajstić information content (AvgIpc) is 2.69. The molecule has 6 heteroatoms. The number of ether oxygens (including phenoxy) is 2. The van der Waals surface area contributed by atoms with Gasteiger partial charge in [0.2, 0.25) is 0 Å². The van der Waals surface area contributed by atoms with Crippen LogP contribution in [0.3, 0.4) is 0 Å². The van der Waals surface area contributed by atoms with E-state index in [-0.39, 0.29) is 6.42 Å². The van der Waals surface area contributed by atoms with Crippen molar-refractivity contribution in [3.63, 3.8) is 0 Å². The van der Waals surface area contributed by atoms with Crippen LogP contribution in [0.15, 0.2) is 18.2 Å². The Morgan fingerprint density at radius 2 is 2.05 bits per heavy atom. The summed E-state index contributed by atoms with van der Waals surface area (Å²) in [6.07, 6.45) is 0.204. The lowest BCUT2D eigenvalue weighted by molar-refractivity contribution is -0.137. The Kier molecular flexibility index (Phi) is 5.41. The first kappa shape index (κ1) is 15.6. The topological polar surface area (TPSA) is 79.2 Å². The minimum absolute atomic E-state index is 0.0599. The predicted molar refractivity (Wildman–Crippen MR) is 76.8 cm³/mol. The second kappa shape index (κ2) is 7.28. The second-order valence-electron chi connectivity index (χ2n) is 5.18. The van der Waals surface area contributed by atoms with Crippen LogP contribution in [-0.4, -0.2) is 54.4 Å². The summed E-state index contributed by atoms with van der Waals surface area (Å²) in [5, 5.41) is 18.9. The van der Waals surface area contributed by atoms with Crippen LogP contribution in [0, 0.1) is 0 Å². The normalized spacial score (nSPS) is 15.6. The number of rotatable bonds is 6. The Morgan fingerprint density at radius 3 is 2.76 bits per heavy atom. The number of hydrogen-bond donors (Lipinski definition) is 2. The molecule has 6 nitrogen and oxygen atoms in total. The van der Waals surface area contributed by atoms with E-state index in [0.717, 1.165) is 12.0 Å². The fourth-order valence-electron chi connectivity index (χ4n) is 2.17. The van der Waals surface area contributed by atoms with Gasteiger partial charge in [-0.1, -0.05) is 6.07 Å². The van der Waals surface area contributed by atoms with Crippen molar-refractivity contribution in [3.05, 3.63) is 23.8 Å². The summed E-state index contributed by atoms with van der Waals surface area (Å²) in [4.78, 5) is 12.3. The van der Waals surface area contributed by atoms with Crippen LogP contribution < -0.4 is 9.47 Å². The van der Waals surface area contributed by atoms with Crippen LogP contribution in [0.1, 0.15) is 24.5 Å². The van der Waals surface area contributed by atoms with Gasteiger partial charge in [0.05, 0.1) is 25.7 Å². The summed E-state index contributed by atoms with van der Waals surface area (Å²) in [7, 11) is 1.79. The smallest absolute Gasteiger partial charge is 0.304 e. The molecule has 0 aromatic heterocycles. The van der Waals surface area contributed by atoms with E-state index in [1.165, 1.54) is 0 Å². The first-order chi connectivity index (χ1) is 10.1. The molecule has 21 heavy (non-hydrogen) atoms. The molecule has 0 fully saturated rings. The van der Waals surface area contributed by atoms with Crippen LogP contribution in [0.5, 0.6) is 11.5 Å². The van der Waals surface area contributed by atoms with Gasteiger partial charge in [0.15, 0.2) is 11.5 Å². The van der Waals surface area contributed by atoms with Gasteiger partial charge in [-0.05, 0) is 24.7 Å². The molecule has 1 unspecified atom stereocenters. The third-order valence-electron chi connectivity index (χ3n) is 3.35. The zero-order valence-electron chi connectivity index (χ0n) is 12.1. The fourth-order valence-corrected chi connectivity index (χ4v) is 2.17. The van der Waals surface area contributed by atoms with Crippen molar-refractivity contribution in [1.29, 1.82) is 0 Å². The first-order valence-electron chi connectivity index (χ1n) is 7.04. The van der Waals surface area contributed by atoms with Crippen molar-refractivity contribution in [1.82, 2.24) is 4.90 Å². The quantitative estimate of drug-likeness (QED) is 0.823. The Labute approximate surface area is 123 Å². The molecule has 1 aromatic rings. The highest BCUT2D eigenvalue weighted by Crippen LogP contribution is 2.32. The molecule has 0 saturated heterocycles. The van der Waals surface area contributed by atoms with Gasteiger partial charge in [0.1, 0.15) is 0 Å². The molecule has 0 amide bonds. The van der Waals surface area contributed by atoms with Crippen LogP contribution in [0.2, 0.25) is 0 Å². The monoisotopic (exact) mass is 295 g/mol. The second-order valence-corrected chi connectivity index (χ2v) is 5.18. The lowest BCUT2D eigenvalue weighted by Gasteiger charge is -2.20. The Hall–Kier alpha value is -1.79. The van der Waals surface area contributed by atoms with Crippen molar-refractivity contribution in [2.45, 2.75) is 18.9 Å². The van der Waals surface area contributed by atoms with Crippen LogP contribution in [0.25, 0.3) is 0 Å². The highest BCUT2D eigenvalue weighted by atomic mass is 16.5. The number of fused-ring (bicyclic) bond motifs is 1. The van der Waals surface area contributed by atoms with Gasteiger partial charge in [-0.25, -0.2) is 0 Å². The molecule has 116 valence electrons. The molecule has 0 aliphatic carbocycles. The van der Waals surface area contributed by atoms with E-state index >= 15 is 0 Å². The van der Waals surface area contributed by atoms with Crippen molar-refractivity contribution in [2.75, 3.05) is 33.4 Å². The maximum absolute atomic E-state index is 10.5. The molecule has 0 saturated carbocycles. The zero-order chi connectivity index (χ0) is 15.2. The van der Waals surface area contributed by atoms with Crippen molar-refractivity contribution >= 4 is 5.97 Å². The zero-order valence-corrected chi connectivity index (χ0v) is 12.1. The van der Waals surface area contributed by atoms with Crippen molar-refractivity contribution in [2.24, 2.45) is 0 Å². The largest absolute Gasteiger partial charge is 0.490 e. The number of benzene rings is 1. The molecular formula is C15H21NO5. The molecular weight excluding hydrogens is 274 g/mol.